The molecule has 1 nitrogen and oxygen atoms in total. The van der Waals surface area contributed by atoms with E-state index in [0.29, 0.717) is 0 Å². The van der Waals surface area contributed by atoms with Crippen molar-refractivity contribution in [3.63, 3.8) is 0 Å². The Morgan fingerprint density at radius 1 is 1.38 bits per heavy atom. The molecule has 86 valence electrons. The second-order valence-corrected chi connectivity index (χ2v) is 4.98. The SMILES string of the molecule is CCCCNC(=S)SC=Cc1ccccc1. The summed E-state index contributed by atoms with van der Waals surface area (Å²) < 4.78 is 0.848. The summed E-state index contributed by atoms with van der Waals surface area (Å²) in [6.07, 6.45) is 4.43. The minimum absolute atomic E-state index is 0.848. The zero-order valence-electron chi connectivity index (χ0n) is 9.48. The number of thioether (sulfide) groups is 1. The summed E-state index contributed by atoms with van der Waals surface area (Å²) in [5, 5.41) is 5.24. The average molecular weight is 251 g/mol. The van der Waals surface area contributed by atoms with Crippen molar-refractivity contribution in [2.45, 2.75) is 19.8 Å². The quantitative estimate of drug-likeness (QED) is 0.626. The van der Waals surface area contributed by atoms with Crippen molar-refractivity contribution in [2.75, 3.05) is 6.54 Å². The highest BCUT2D eigenvalue weighted by atomic mass is 32.2. The van der Waals surface area contributed by atoms with Gasteiger partial charge in [0.25, 0.3) is 0 Å². The summed E-state index contributed by atoms with van der Waals surface area (Å²) in [5.41, 5.74) is 1.20. The standard InChI is InChI=1S/C13H17NS2/c1-2-3-10-14-13(15)16-11-9-12-7-5-4-6-8-12/h4-9,11H,2-3,10H2,1H3,(H,14,15). The smallest absolute Gasteiger partial charge is 0.138 e. The molecule has 0 atom stereocenters. The fraction of sp³-hybridized carbons (Fsp3) is 0.308. The van der Waals surface area contributed by atoms with Crippen molar-refractivity contribution in [1.29, 1.82) is 0 Å². The van der Waals surface area contributed by atoms with Gasteiger partial charge < -0.3 is 5.32 Å². The maximum absolute atomic E-state index is 5.18. The first-order valence-corrected chi connectivity index (χ1v) is 6.78. The van der Waals surface area contributed by atoms with Gasteiger partial charge in [-0.25, -0.2) is 0 Å². The molecule has 0 aromatic heterocycles. The lowest BCUT2D eigenvalue weighted by atomic mass is 10.2. The number of thiocarbonyl (C=S) groups is 1. The van der Waals surface area contributed by atoms with Crippen LogP contribution in [0.1, 0.15) is 25.3 Å². The third kappa shape index (κ3) is 5.93. The lowest BCUT2D eigenvalue weighted by Crippen LogP contribution is -2.18. The maximum Gasteiger partial charge on any atom is 0.138 e. The molecule has 1 aromatic carbocycles. The zero-order valence-corrected chi connectivity index (χ0v) is 11.1. The molecular formula is C13H17NS2. The molecule has 0 radical (unpaired) electrons. The number of hydrogen-bond acceptors (Lipinski definition) is 2. The Morgan fingerprint density at radius 2 is 2.12 bits per heavy atom. The van der Waals surface area contributed by atoms with E-state index in [4.69, 9.17) is 12.2 Å². The predicted molar refractivity (Wildman–Crippen MR) is 78.6 cm³/mol. The summed E-state index contributed by atoms with van der Waals surface area (Å²) in [5.74, 6) is 0. The fourth-order valence-electron chi connectivity index (χ4n) is 1.15. The Balaban J connectivity index is 2.24. The van der Waals surface area contributed by atoms with E-state index in [9.17, 15) is 0 Å². The molecule has 0 saturated heterocycles. The van der Waals surface area contributed by atoms with Gasteiger partial charge in [-0.3, -0.25) is 0 Å². The molecule has 0 fully saturated rings. The van der Waals surface area contributed by atoms with E-state index in [-0.39, 0.29) is 0 Å². The van der Waals surface area contributed by atoms with Gasteiger partial charge in [-0.1, -0.05) is 67.7 Å². The van der Waals surface area contributed by atoms with Crippen LogP contribution in [-0.2, 0) is 0 Å². The van der Waals surface area contributed by atoms with Crippen molar-refractivity contribution in [3.05, 3.63) is 41.3 Å². The van der Waals surface area contributed by atoms with Crippen molar-refractivity contribution in [1.82, 2.24) is 5.32 Å². The number of benzene rings is 1. The van der Waals surface area contributed by atoms with Crippen LogP contribution in [0.15, 0.2) is 35.7 Å². The van der Waals surface area contributed by atoms with Gasteiger partial charge in [-0.15, -0.1) is 0 Å². The van der Waals surface area contributed by atoms with Gasteiger partial charge in [0.1, 0.15) is 4.32 Å². The summed E-state index contributed by atoms with van der Waals surface area (Å²) in [4.78, 5) is 0. The van der Waals surface area contributed by atoms with Crippen LogP contribution in [0.5, 0.6) is 0 Å². The molecule has 0 saturated carbocycles. The first-order valence-electron chi connectivity index (χ1n) is 5.49. The lowest BCUT2D eigenvalue weighted by Gasteiger charge is -2.03. The van der Waals surface area contributed by atoms with Gasteiger partial charge in [0, 0.05) is 6.54 Å². The molecule has 16 heavy (non-hydrogen) atoms. The van der Waals surface area contributed by atoms with Crippen LogP contribution in [0.2, 0.25) is 0 Å². The molecule has 0 spiro atoms. The summed E-state index contributed by atoms with van der Waals surface area (Å²) in [6.45, 7) is 3.15. The highest BCUT2D eigenvalue weighted by molar-refractivity contribution is 8.24. The molecule has 0 bridgehead atoms. The molecule has 1 N–H and O–H groups in total. The third-order valence-electron chi connectivity index (χ3n) is 2.03. The van der Waals surface area contributed by atoms with E-state index >= 15 is 0 Å². The van der Waals surface area contributed by atoms with Gasteiger partial charge in [0.15, 0.2) is 0 Å². The molecule has 0 aliphatic rings. The van der Waals surface area contributed by atoms with Crippen LogP contribution < -0.4 is 5.32 Å². The van der Waals surface area contributed by atoms with E-state index in [0.717, 1.165) is 10.9 Å². The van der Waals surface area contributed by atoms with Crippen molar-refractivity contribution in [3.8, 4) is 0 Å². The van der Waals surface area contributed by atoms with Crippen LogP contribution >= 0.6 is 24.0 Å². The number of nitrogens with one attached hydrogen (secondary N) is 1. The Hall–Kier alpha value is -0.800. The first kappa shape index (κ1) is 13.3. The van der Waals surface area contributed by atoms with Crippen LogP contribution in [0.3, 0.4) is 0 Å². The average Bonchev–Trinajstić information content (AvgIpc) is 2.31. The summed E-state index contributed by atoms with van der Waals surface area (Å²) in [7, 11) is 0. The molecule has 0 heterocycles. The molecule has 3 heteroatoms. The first-order chi connectivity index (χ1) is 7.83. The van der Waals surface area contributed by atoms with Crippen molar-refractivity contribution < 1.29 is 0 Å². The van der Waals surface area contributed by atoms with Gasteiger partial charge in [0.2, 0.25) is 0 Å². The number of hydrogen-bond donors (Lipinski definition) is 1. The van der Waals surface area contributed by atoms with Gasteiger partial charge in [0.05, 0.1) is 0 Å². The van der Waals surface area contributed by atoms with E-state index in [1.54, 1.807) is 11.8 Å². The highest BCUT2D eigenvalue weighted by Gasteiger charge is 1.92. The second-order valence-electron chi connectivity index (χ2n) is 3.40. The van der Waals surface area contributed by atoms with Gasteiger partial charge >= 0.3 is 0 Å². The maximum atomic E-state index is 5.18. The van der Waals surface area contributed by atoms with E-state index in [2.05, 4.69) is 30.4 Å². The Morgan fingerprint density at radius 3 is 2.81 bits per heavy atom. The van der Waals surface area contributed by atoms with Gasteiger partial charge in [-0.2, -0.15) is 0 Å². The van der Waals surface area contributed by atoms with Crippen LogP contribution in [0.25, 0.3) is 6.08 Å². The molecule has 0 amide bonds. The zero-order chi connectivity index (χ0) is 11.6. The summed E-state index contributed by atoms with van der Waals surface area (Å²) in [6, 6.07) is 10.2. The molecule has 0 unspecified atom stereocenters. The number of unbranched alkanes of at least 4 members (excludes halogenated alkanes) is 1. The minimum Gasteiger partial charge on any atom is -0.371 e. The van der Waals surface area contributed by atoms with Crippen molar-refractivity contribution >= 4 is 34.4 Å². The Kier molecular flexibility index (Phi) is 6.93. The summed E-state index contributed by atoms with van der Waals surface area (Å²) >= 11 is 6.74. The molecule has 1 aromatic rings. The predicted octanol–water partition coefficient (Wildman–Crippen LogP) is 4.07. The fourth-order valence-corrected chi connectivity index (χ4v) is 1.95. The molecule has 0 aliphatic carbocycles. The molecular weight excluding hydrogens is 234 g/mol. The minimum atomic E-state index is 0.848. The Labute approximate surface area is 107 Å². The normalized spacial score (nSPS) is 10.6. The highest BCUT2D eigenvalue weighted by Crippen LogP contribution is 2.09. The van der Waals surface area contributed by atoms with Crippen LogP contribution in [0.4, 0.5) is 0 Å². The third-order valence-corrected chi connectivity index (χ3v) is 3.10. The van der Waals surface area contributed by atoms with Gasteiger partial charge in [-0.05, 0) is 23.5 Å². The monoisotopic (exact) mass is 251 g/mol. The Bertz CT molecular complexity index is 333. The van der Waals surface area contributed by atoms with E-state index in [1.165, 1.54) is 18.4 Å². The molecule has 0 aliphatic heterocycles. The van der Waals surface area contributed by atoms with Crippen LogP contribution in [0, 0.1) is 0 Å². The van der Waals surface area contributed by atoms with Crippen LogP contribution in [-0.4, -0.2) is 10.9 Å². The second kappa shape index (κ2) is 8.36. The van der Waals surface area contributed by atoms with E-state index < -0.39 is 0 Å². The largest absolute Gasteiger partial charge is 0.371 e. The lowest BCUT2D eigenvalue weighted by molar-refractivity contribution is 0.763. The van der Waals surface area contributed by atoms with Crippen molar-refractivity contribution in [2.24, 2.45) is 0 Å². The topological polar surface area (TPSA) is 12.0 Å². The number of rotatable bonds is 5. The van der Waals surface area contributed by atoms with E-state index in [1.807, 2.05) is 23.6 Å². The molecule has 1 rings (SSSR count).